The van der Waals surface area contributed by atoms with Crippen LogP contribution in [0.25, 0.3) is 5.65 Å². The summed E-state index contributed by atoms with van der Waals surface area (Å²) in [4.78, 5) is 4.35. The standard InChI is InChI=1S/C17H18FN3O/c1-12-6-7-21-13(10-20-17(21)8-12)9-19-11-16(22)14-4-2-3-5-15(14)18/h2-8,10,16,19,22H,9,11H2,1H3. The Labute approximate surface area is 128 Å². The number of nitrogens with one attached hydrogen (secondary N) is 1. The Balaban J connectivity index is 1.64. The van der Waals surface area contributed by atoms with Crippen molar-refractivity contribution in [1.29, 1.82) is 0 Å². The molecule has 0 aliphatic heterocycles. The van der Waals surface area contributed by atoms with Crippen molar-refractivity contribution in [2.45, 2.75) is 19.6 Å². The SMILES string of the molecule is Cc1ccn2c(CNCC(O)c3ccccc3F)cnc2c1. The Hall–Kier alpha value is -2.24. The van der Waals surface area contributed by atoms with Gasteiger partial charge in [-0.3, -0.25) is 0 Å². The molecule has 4 nitrogen and oxygen atoms in total. The molecule has 0 fully saturated rings. The van der Waals surface area contributed by atoms with Crippen molar-refractivity contribution in [3.05, 3.63) is 71.4 Å². The van der Waals surface area contributed by atoms with Gasteiger partial charge in [-0.25, -0.2) is 9.37 Å². The molecule has 1 atom stereocenters. The van der Waals surface area contributed by atoms with Crippen LogP contribution in [-0.4, -0.2) is 21.0 Å². The van der Waals surface area contributed by atoms with Gasteiger partial charge < -0.3 is 14.8 Å². The molecule has 0 aliphatic rings. The molecule has 1 unspecified atom stereocenters. The molecule has 0 spiro atoms. The number of rotatable bonds is 5. The highest BCUT2D eigenvalue weighted by atomic mass is 19.1. The normalized spacial score (nSPS) is 12.7. The topological polar surface area (TPSA) is 49.6 Å². The summed E-state index contributed by atoms with van der Waals surface area (Å²) in [7, 11) is 0. The third kappa shape index (κ3) is 3.00. The van der Waals surface area contributed by atoms with Crippen LogP contribution in [0.4, 0.5) is 4.39 Å². The van der Waals surface area contributed by atoms with E-state index in [1.165, 1.54) is 6.07 Å². The zero-order valence-corrected chi connectivity index (χ0v) is 12.3. The number of aryl methyl sites for hydroxylation is 1. The molecule has 1 aromatic carbocycles. The van der Waals surface area contributed by atoms with Crippen LogP contribution < -0.4 is 5.32 Å². The molecule has 5 heteroatoms. The Morgan fingerprint density at radius 3 is 2.95 bits per heavy atom. The van der Waals surface area contributed by atoms with Gasteiger partial charge in [0.15, 0.2) is 0 Å². The van der Waals surface area contributed by atoms with Crippen LogP contribution in [0, 0.1) is 12.7 Å². The van der Waals surface area contributed by atoms with Crippen LogP contribution in [-0.2, 0) is 6.54 Å². The number of benzene rings is 1. The Bertz CT molecular complexity index is 784. The van der Waals surface area contributed by atoms with E-state index in [9.17, 15) is 9.50 Å². The lowest BCUT2D eigenvalue weighted by atomic mass is 10.1. The van der Waals surface area contributed by atoms with Crippen molar-refractivity contribution >= 4 is 5.65 Å². The Morgan fingerprint density at radius 2 is 2.14 bits per heavy atom. The first-order valence-corrected chi connectivity index (χ1v) is 7.21. The Kier molecular flexibility index (Phi) is 4.18. The third-order valence-electron chi connectivity index (χ3n) is 3.65. The van der Waals surface area contributed by atoms with Crippen molar-refractivity contribution in [2.75, 3.05) is 6.54 Å². The van der Waals surface area contributed by atoms with Gasteiger partial charge >= 0.3 is 0 Å². The van der Waals surface area contributed by atoms with Gasteiger partial charge in [0.2, 0.25) is 0 Å². The molecular weight excluding hydrogens is 281 g/mol. The van der Waals surface area contributed by atoms with E-state index < -0.39 is 6.10 Å². The molecule has 22 heavy (non-hydrogen) atoms. The summed E-state index contributed by atoms with van der Waals surface area (Å²) in [5.74, 6) is -0.387. The Morgan fingerprint density at radius 1 is 1.32 bits per heavy atom. The zero-order valence-electron chi connectivity index (χ0n) is 12.3. The largest absolute Gasteiger partial charge is 0.387 e. The second kappa shape index (κ2) is 6.25. The van der Waals surface area contributed by atoms with Crippen molar-refractivity contribution in [3.63, 3.8) is 0 Å². The summed E-state index contributed by atoms with van der Waals surface area (Å²) < 4.78 is 15.6. The maximum atomic E-state index is 13.6. The van der Waals surface area contributed by atoms with Gasteiger partial charge in [0, 0.05) is 24.8 Å². The van der Waals surface area contributed by atoms with E-state index in [-0.39, 0.29) is 12.4 Å². The molecule has 2 aromatic heterocycles. The molecule has 2 heterocycles. The van der Waals surface area contributed by atoms with Crippen LogP contribution >= 0.6 is 0 Å². The van der Waals surface area contributed by atoms with Crippen LogP contribution in [0.15, 0.2) is 48.8 Å². The maximum absolute atomic E-state index is 13.6. The average molecular weight is 299 g/mol. The third-order valence-corrected chi connectivity index (χ3v) is 3.65. The molecule has 0 saturated carbocycles. The molecule has 0 amide bonds. The number of hydrogen-bond donors (Lipinski definition) is 2. The van der Waals surface area contributed by atoms with Crippen LogP contribution in [0.5, 0.6) is 0 Å². The highest BCUT2D eigenvalue weighted by molar-refractivity contribution is 5.42. The molecular formula is C17H18FN3O. The molecule has 0 aliphatic carbocycles. The number of imidazole rings is 1. The van der Waals surface area contributed by atoms with Crippen LogP contribution in [0.3, 0.4) is 0 Å². The summed E-state index contributed by atoms with van der Waals surface area (Å²) in [6, 6.07) is 10.3. The second-order valence-corrected chi connectivity index (χ2v) is 5.35. The lowest BCUT2D eigenvalue weighted by Gasteiger charge is -2.13. The van der Waals surface area contributed by atoms with Gasteiger partial charge in [-0.15, -0.1) is 0 Å². The fourth-order valence-corrected chi connectivity index (χ4v) is 2.46. The van der Waals surface area contributed by atoms with Crippen LogP contribution in [0.2, 0.25) is 0 Å². The second-order valence-electron chi connectivity index (χ2n) is 5.35. The summed E-state index contributed by atoms with van der Waals surface area (Å²) in [5.41, 5.74) is 3.36. The molecule has 0 radical (unpaired) electrons. The maximum Gasteiger partial charge on any atom is 0.137 e. The monoisotopic (exact) mass is 299 g/mol. The minimum Gasteiger partial charge on any atom is -0.387 e. The van der Waals surface area contributed by atoms with Crippen molar-refractivity contribution < 1.29 is 9.50 Å². The first-order chi connectivity index (χ1) is 10.6. The fourth-order valence-electron chi connectivity index (χ4n) is 2.46. The smallest absolute Gasteiger partial charge is 0.137 e. The van der Waals surface area contributed by atoms with Gasteiger partial charge in [-0.2, -0.15) is 0 Å². The van der Waals surface area contributed by atoms with E-state index in [0.717, 1.165) is 16.9 Å². The predicted octanol–water partition coefficient (Wildman–Crippen LogP) is 2.61. The molecule has 0 saturated heterocycles. The summed E-state index contributed by atoms with van der Waals surface area (Å²) in [5, 5.41) is 13.2. The van der Waals surface area contributed by atoms with Crippen molar-refractivity contribution in [1.82, 2.24) is 14.7 Å². The minimum absolute atomic E-state index is 0.278. The lowest BCUT2D eigenvalue weighted by Crippen LogP contribution is -2.22. The van der Waals surface area contributed by atoms with Gasteiger partial charge in [-0.05, 0) is 30.7 Å². The van der Waals surface area contributed by atoms with Crippen LogP contribution in [0.1, 0.15) is 22.9 Å². The number of hydrogen-bond acceptors (Lipinski definition) is 3. The number of aliphatic hydroxyl groups is 1. The number of aliphatic hydroxyl groups excluding tert-OH is 1. The molecule has 3 rings (SSSR count). The van der Waals surface area contributed by atoms with Gasteiger partial charge in [0.25, 0.3) is 0 Å². The zero-order chi connectivity index (χ0) is 15.5. The summed E-state index contributed by atoms with van der Waals surface area (Å²) in [6.07, 6.45) is 2.90. The first kappa shape index (κ1) is 14.7. The minimum atomic E-state index is -0.873. The first-order valence-electron chi connectivity index (χ1n) is 7.21. The van der Waals surface area contributed by atoms with Gasteiger partial charge in [0.1, 0.15) is 11.5 Å². The van der Waals surface area contributed by atoms with E-state index in [4.69, 9.17) is 0 Å². The highest BCUT2D eigenvalue weighted by Gasteiger charge is 2.12. The summed E-state index contributed by atoms with van der Waals surface area (Å²) >= 11 is 0. The predicted molar refractivity (Wildman–Crippen MR) is 83.0 cm³/mol. The number of nitrogens with zero attached hydrogens (tertiary/aromatic N) is 2. The van der Waals surface area contributed by atoms with Crippen molar-refractivity contribution in [3.8, 4) is 0 Å². The number of aromatic nitrogens is 2. The molecule has 2 N–H and O–H groups in total. The number of pyridine rings is 1. The van der Waals surface area contributed by atoms with E-state index in [0.29, 0.717) is 12.1 Å². The average Bonchev–Trinajstić information content (AvgIpc) is 2.90. The van der Waals surface area contributed by atoms with E-state index >= 15 is 0 Å². The van der Waals surface area contributed by atoms with E-state index in [1.807, 2.05) is 29.7 Å². The molecule has 3 aromatic rings. The van der Waals surface area contributed by atoms with Crippen molar-refractivity contribution in [2.24, 2.45) is 0 Å². The van der Waals surface area contributed by atoms with E-state index in [2.05, 4.69) is 10.3 Å². The lowest BCUT2D eigenvalue weighted by molar-refractivity contribution is 0.169. The highest BCUT2D eigenvalue weighted by Crippen LogP contribution is 2.16. The van der Waals surface area contributed by atoms with Gasteiger partial charge in [-0.1, -0.05) is 18.2 Å². The number of halogens is 1. The summed E-state index contributed by atoms with van der Waals surface area (Å²) in [6.45, 7) is 2.85. The van der Waals surface area contributed by atoms with E-state index in [1.54, 1.807) is 24.4 Å². The number of fused-ring (bicyclic) bond motifs is 1. The molecule has 0 bridgehead atoms. The fraction of sp³-hybridized carbons (Fsp3) is 0.235. The molecule has 114 valence electrons. The quantitative estimate of drug-likeness (QED) is 0.761. The van der Waals surface area contributed by atoms with Gasteiger partial charge in [0.05, 0.1) is 18.0 Å².